The number of imide groups is 1. The topological polar surface area (TPSA) is 81.7 Å². The van der Waals surface area contributed by atoms with Gasteiger partial charge in [-0.1, -0.05) is 0 Å². The second-order valence-electron chi connectivity index (χ2n) is 9.08. The van der Waals surface area contributed by atoms with Gasteiger partial charge in [0, 0.05) is 18.6 Å². The van der Waals surface area contributed by atoms with Crippen molar-refractivity contribution in [3.63, 3.8) is 0 Å². The molecule has 4 aliphatic carbocycles. The summed E-state index contributed by atoms with van der Waals surface area (Å²) in [7, 11) is 0. The highest BCUT2D eigenvalue weighted by molar-refractivity contribution is 5.97. The smallest absolute Gasteiger partial charge is 0.321 e. The van der Waals surface area contributed by atoms with Crippen molar-refractivity contribution in [3.05, 3.63) is 0 Å². The maximum Gasteiger partial charge on any atom is 0.321 e. The fraction of sp³-hybridized carbons (Fsp3) is 0.895. The number of amides is 3. The molecule has 0 radical (unpaired) electrons. The van der Waals surface area contributed by atoms with Crippen LogP contribution in [0.4, 0.5) is 4.79 Å². The fourth-order valence-electron chi connectivity index (χ4n) is 6.19. The number of rotatable bonds is 3. The van der Waals surface area contributed by atoms with Crippen molar-refractivity contribution in [2.75, 3.05) is 13.1 Å². The number of nitrogens with zero attached hydrogens (tertiary/aromatic N) is 1. The number of hydrogen-bond acceptors (Lipinski definition) is 4. The zero-order valence-corrected chi connectivity index (χ0v) is 15.2. The second kappa shape index (κ2) is 6.54. The van der Waals surface area contributed by atoms with Crippen LogP contribution in [0.3, 0.4) is 0 Å². The lowest BCUT2D eigenvalue weighted by atomic mass is 9.53. The van der Waals surface area contributed by atoms with Gasteiger partial charge in [0.25, 0.3) is 0 Å². The standard InChI is InChI=1S/C19H31N3O3/c1-12(22-4-2-16(23)3-5-22)17(24)20-18(25)21-19-9-13-6-14(10-19)8-15(7-13)11-19/h12-16,23H,2-11H2,1H3,(H2,20,21,24,25). The predicted molar refractivity (Wildman–Crippen MR) is 93.9 cm³/mol. The quantitative estimate of drug-likeness (QED) is 0.723. The SMILES string of the molecule is CC(C(=O)NC(=O)NC12CC3CC(CC(C3)C1)C2)N1CCC(O)CC1. The van der Waals surface area contributed by atoms with E-state index >= 15 is 0 Å². The van der Waals surface area contributed by atoms with Crippen molar-refractivity contribution in [3.8, 4) is 0 Å². The lowest BCUT2D eigenvalue weighted by molar-refractivity contribution is -0.125. The lowest BCUT2D eigenvalue weighted by Crippen LogP contribution is -2.62. The average Bonchev–Trinajstić information content (AvgIpc) is 2.52. The third-order valence-corrected chi connectivity index (χ3v) is 7.08. The minimum absolute atomic E-state index is 0.0718. The van der Waals surface area contributed by atoms with E-state index in [0.29, 0.717) is 25.9 Å². The highest BCUT2D eigenvalue weighted by Gasteiger charge is 2.51. The molecule has 6 nitrogen and oxygen atoms in total. The van der Waals surface area contributed by atoms with Crippen LogP contribution in [0.5, 0.6) is 0 Å². The molecule has 0 spiro atoms. The number of nitrogens with one attached hydrogen (secondary N) is 2. The van der Waals surface area contributed by atoms with E-state index in [1.54, 1.807) is 0 Å². The Labute approximate surface area is 149 Å². The molecule has 140 valence electrons. The minimum Gasteiger partial charge on any atom is -0.393 e. The van der Waals surface area contributed by atoms with Gasteiger partial charge in [0.15, 0.2) is 0 Å². The maximum atomic E-state index is 12.5. The van der Waals surface area contributed by atoms with Gasteiger partial charge in [-0.2, -0.15) is 0 Å². The van der Waals surface area contributed by atoms with E-state index in [1.807, 2.05) is 11.8 Å². The summed E-state index contributed by atoms with van der Waals surface area (Å²) in [5, 5.41) is 15.4. The Morgan fingerprint density at radius 1 is 1.04 bits per heavy atom. The molecule has 1 atom stereocenters. The Bertz CT molecular complexity index is 507. The number of carbonyl (C=O) groups is 2. The van der Waals surface area contributed by atoms with E-state index in [4.69, 9.17) is 0 Å². The number of carbonyl (C=O) groups excluding carboxylic acids is 2. The molecule has 5 aliphatic rings. The average molecular weight is 349 g/mol. The van der Waals surface area contributed by atoms with Gasteiger partial charge in [-0.3, -0.25) is 15.0 Å². The first-order valence-corrected chi connectivity index (χ1v) is 9.97. The largest absolute Gasteiger partial charge is 0.393 e. The molecule has 0 aromatic carbocycles. The maximum absolute atomic E-state index is 12.5. The van der Waals surface area contributed by atoms with Crippen molar-refractivity contribution in [2.45, 2.75) is 76.0 Å². The Morgan fingerprint density at radius 2 is 1.56 bits per heavy atom. The van der Waals surface area contributed by atoms with Crippen LogP contribution in [-0.2, 0) is 4.79 Å². The number of likely N-dealkylation sites (tertiary alicyclic amines) is 1. The van der Waals surface area contributed by atoms with Gasteiger partial charge in [-0.05, 0) is 76.0 Å². The summed E-state index contributed by atoms with van der Waals surface area (Å²) in [5.41, 5.74) is -0.0718. The third kappa shape index (κ3) is 3.56. The monoisotopic (exact) mass is 349 g/mol. The molecule has 1 unspecified atom stereocenters. The van der Waals surface area contributed by atoms with Crippen LogP contribution in [0.25, 0.3) is 0 Å². The van der Waals surface area contributed by atoms with Gasteiger partial charge in [-0.25, -0.2) is 4.79 Å². The highest BCUT2D eigenvalue weighted by Crippen LogP contribution is 2.55. The number of aliphatic hydroxyl groups excluding tert-OH is 1. The molecule has 3 N–H and O–H groups in total. The van der Waals surface area contributed by atoms with E-state index in [0.717, 1.165) is 37.0 Å². The molecule has 0 aromatic heterocycles. The summed E-state index contributed by atoms with van der Waals surface area (Å²) < 4.78 is 0. The van der Waals surface area contributed by atoms with Crippen molar-refractivity contribution in [1.82, 2.24) is 15.5 Å². The molecule has 0 aromatic rings. The number of aliphatic hydroxyl groups is 1. The van der Waals surface area contributed by atoms with Gasteiger partial charge in [0.1, 0.15) is 0 Å². The molecule has 4 saturated carbocycles. The molecule has 1 heterocycles. The Hall–Kier alpha value is -1.14. The van der Waals surface area contributed by atoms with Crippen LogP contribution in [-0.4, -0.2) is 52.7 Å². The molecule has 4 bridgehead atoms. The van der Waals surface area contributed by atoms with Crippen LogP contribution in [0.1, 0.15) is 58.3 Å². The number of piperidine rings is 1. The molecule has 1 saturated heterocycles. The van der Waals surface area contributed by atoms with Crippen LogP contribution >= 0.6 is 0 Å². The van der Waals surface area contributed by atoms with Crippen LogP contribution in [0.2, 0.25) is 0 Å². The summed E-state index contributed by atoms with van der Waals surface area (Å²) in [6.07, 6.45) is 8.37. The molecular weight excluding hydrogens is 318 g/mol. The predicted octanol–water partition coefficient (Wildman–Crippen LogP) is 1.63. The Balaban J connectivity index is 1.31. The van der Waals surface area contributed by atoms with Crippen molar-refractivity contribution in [1.29, 1.82) is 0 Å². The Morgan fingerprint density at radius 3 is 2.08 bits per heavy atom. The van der Waals surface area contributed by atoms with E-state index in [2.05, 4.69) is 10.6 Å². The summed E-state index contributed by atoms with van der Waals surface area (Å²) in [5.74, 6) is 2.06. The molecule has 5 fully saturated rings. The van der Waals surface area contributed by atoms with E-state index in [9.17, 15) is 14.7 Å². The highest BCUT2D eigenvalue weighted by atomic mass is 16.3. The first-order valence-electron chi connectivity index (χ1n) is 9.97. The van der Waals surface area contributed by atoms with E-state index in [1.165, 1.54) is 19.3 Å². The molecule has 1 aliphatic heterocycles. The first-order chi connectivity index (χ1) is 11.9. The molecule has 3 amide bonds. The van der Waals surface area contributed by atoms with Crippen molar-refractivity contribution < 1.29 is 14.7 Å². The number of hydrogen-bond donors (Lipinski definition) is 3. The molecule has 25 heavy (non-hydrogen) atoms. The zero-order chi connectivity index (χ0) is 17.6. The Kier molecular flexibility index (Phi) is 4.52. The molecule has 6 heteroatoms. The summed E-state index contributed by atoms with van der Waals surface area (Å²) >= 11 is 0. The summed E-state index contributed by atoms with van der Waals surface area (Å²) in [4.78, 5) is 27.0. The van der Waals surface area contributed by atoms with Gasteiger partial charge in [-0.15, -0.1) is 0 Å². The summed E-state index contributed by atoms with van der Waals surface area (Å²) in [6.45, 7) is 3.24. The van der Waals surface area contributed by atoms with Gasteiger partial charge < -0.3 is 10.4 Å². The van der Waals surface area contributed by atoms with Gasteiger partial charge in [0.2, 0.25) is 5.91 Å². The summed E-state index contributed by atoms with van der Waals surface area (Å²) in [6, 6.07) is -0.662. The molecular formula is C19H31N3O3. The van der Waals surface area contributed by atoms with Crippen LogP contribution in [0, 0.1) is 17.8 Å². The fourth-order valence-corrected chi connectivity index (χ4v) is 6.19. The minimum atomic E-state index is -0.338. The van der Waals surface area contributed by atoms with Crippen molar-refractivity contribution in [2.24, 2.45) is 17.8 Å². The van der Waals surface area contributed by atoms with Crippen molar-refractivity contribution >= 4 is 11.9 Å². The lowest BCUT2D eigenvalue weighted by Gasteiger charge is -2.56. The normalized spacial score (nSPS) is 39.2. The molecule has 5 rings (SSSR count). The van der Waals surface area contributed by atoms with Gasteiger partial charge >= 0.3 is 6.03 Å². The zero-order valence-electron chi connectivity index (χ0n) is 15.2. The van der Waals surface area contributed by atoms with Gasteiger partial charge in [0.05, 0.1) is 12.1 Å². The first kappa shape index (κ1) is 17.3. The number of urea groups is 1. The van der Waals surface area contributed by atoms with Crippen LogP contribution in [0.15, 0.2) is 0 Å². The van der Waals surface area contributed by atoms with Crippen LogP contribution < -0.4 is 10.6 Å². The van der Waals surface area contributed by atoms with E-state index < -0.39 is 0 Å². The van der Waals surface area contributed by atoms with E-state index in [-0.39, 0.29) is 29.6 Å². The third-order valence-electron chi connectivity index (χ3n) is 7.08. The second-order valence-corrected chi connectivity index (χ2v) is 9.08.